The van der Waals surface area contributed by atoms with E-state index in [0.717, 1.165) is 39.8 Å². The zero-order chi connectivity index (χ0) is 21.4. The minimum atomic E-state index is 0.187. The van der Waals surface area contributed by atoms with Gasteiger partial charge in [0.05, 0.1) is 28.5 Å². The second kappa shape index (κ2) is 8.10. The van der Waals surface area contributed by atoms with E-state index in [4.69, 9.17) is 11.6 Å². The summed E-state index contributed by atoms with van der Waals surface area (Å²) in [6.07, 6.45) is 6.27. The summed E-state index contributed by atoms with van der Waals surface area (Å²) < 4.78 is 3.16. The number of aromatic nitrogens is 2. The molecule has 7 heteroatoms. The number of hydrogen-bond donors (Lipinski definition) is 2. The Bertz CT molecular complexity index is 1350. The first-order valence-electron chi connectivity index (χ1n) is 9.80. The van der Waals surface area contributed by atoms with E-state index >= 15 is 0 Å². The zero-order valence-corrected chi connectivity index (χ0v) is 18.3. The minimum Gasteiger partial charge on any atom is -0.376 e. The number of hydrogen-bond acceptors (Lipinski definition) is 6. The van der Waals surface area contributed by atoms with Crippen molar-refractivity contribution in [2.75, 3.05) is 16.3 Å². The van der Waals surface area contributed by atoms with E-state index in [2.05, 4.69) is 50.3 Å². The van der Waals surface area contributed by atoms with Crippen molar-refractivity contribution in [1.29, 1.82) is 5.26 Å². The summed E-state index contributed by atoms with van der Waals surface area (Å²) in [7, 11) is 0. The molecular weight excluding hydrogens is 426 g/mol. The minimum absolute atomic E-state index is 0.187. The van der Waals surface area contributed by atoms with Gasteiger partial charge in [0.2, 0.25) is 0 Å². The smallest absolute Gasteiger partial charge is 0.152 e. The van der Waals surface area contributed by atoms with E-state index in [0.29, 0.717) is 10.7 Å². The molecule has 1 aliphatic carbocycles. The Hall–Kier alpha value is -3.27. The number of pyridine rings is 2. The molecule has 1 aliphatic rings. The van der Waals surface area contributed by atoms with Crippen molar-refractivity contribution in [1.82, 2.24) is 9.97 Å². The standard InChI is InChI=1S/C24H18ClN5S/c1-31-30-22-10-16(12-28-24(22)25)14-6-7-20-19(8-14)23(17(11-26)13-27-20)29-21-9-15-4-2-3-5-18(15)21/h2-8,10,12-13,21,30H,9H2,1H3,(H,27,29). The maximum absolute atomic E-state index is 9.72. The molecule has 5 rings (SSSR count). The predicted molar refractivity (Wildman–Crippen MR) is 128 cm³/mol. The summed E-state index contributed by atoms with van der Waals surface area (Å²) in [5, 5.41) is 14.7. The molecule has 4 aromatic rings. The fraction of sp³-hybridized carbons (Fsp3) is 0.125. The Morgan fingerprint density at radius 2 is 1.97 bits per heavy atom. The topological polar surface area (TPSA) is 73.6 Å². The van der Waals surface area contributed by atoms with E-state index in [1.807, 2.05) is 30.5 Å². The third kappa shape index (κ3) is 3.56. The Labute approximate surface area is 189 Å². The highest BCUT2D eigenvalue weighted by atomic mass is 35.5. The first-order chi connectivity index (χ1) is 15.2. The van der Waals surface area contributed by atoms with Gasteiger partial charge in [0.15, 0.2) is 5.15 Å². The highest BCUT2D eigenvalue weighted by Gasteiger charge is 2.26. The van der Waals surface area contributed by atoms with Crippen LogP contribution in [0.25, 0.3) is 22.0 Å². The molecule has 0 amide bonds. The van der Waals surface area contributed by atoms with Crippen molar-refractivity contribution in [2.24, 2.45) is 0 Å². The summed E-state index contributed by atoms with van der Waals surface area (Å²) in [5.74, 6) is 0. The number of nitrogens with one attached hydrogen (secondary N) is 2. The fourth-order valence-corrected chi connectivity index (χ4v) is 4.54. The molecule has 31 heavy (non-hydrogen) atoms. The van der Waals surface area contributed by atoms with E-state index in [9.17, 15) is 5.26 Å². The van der Waals surface area contributed by atoms with Crippen LogP contribution < -0.4 is 10.0 Å². The van der Waals surface area contributed by atoms with Crippen molar-refractivity contribution in [3.05, 3.63) is 82.8 Å². The van der Waals surface area contributed by atoms with Crippen molar-refractivity contribution < 1.29 is 0 Å². The second-order valence-corrected chi connectivity index (χ2v) is 8.33. The van der Waals surface area contributed by atoms with Crippen LogP contribution in [0, 0.1) is 11.3 Å². The van der Waals surface area contributed by atoms with Crippen LogP contribution in [0.3, 0.4) is 0 Å². The van der Waals surface area contributed by atoms with Crippen LogP contribution in [0.2, 0.25) is 5.15 Å². The molecule has 2 N–H and O–H groups in total. The molecule has 2 aromatic carbocycles. The van der Waals surface area contributed by atoms with E-state index < -0.39 is 0 Å². The van der Waals surface area contributed by atoms with Gasteiger partial charge < -0.3 is 10.0 Å². The largest absolute Gasteiger partial charge is 0.376 e. The maximum atomic E-state index is 9.72. The van der Waals surface area contributed by atoms with Gasteiger partial charge in [0.25, 0.3) is 0 Å². The summed E-state index contributed by atoms with van der Waals surface area (Å²) >= 11 is 7.66. The summed E-state index contributed by atoms with van der Waals surface area (Å²) in [6.45, 7) is 0. The molecule has 0 spiro atoms. The lowest BCUT2D eigenvalue weighted by Crippen LogP contribution is -2.24. The third-order valence-corrected chi connectivity index (χ3v) is 6.27. The van der Waals surface area contributed by atoms with Crippen LogP contribution in [0.5, 0.6) is 0 Å². The van der Waals surface area contributed by atoms with Crippen LogP contribution in [0.4, 0.5) is 11.4 Å². The highest BCUT2D eigenvalue weighted by molar-refractivity contribution is 7.99. The number of rotatable bonds is 5. The summed E-state index contributed by atoms with van der Waals surface area (Å²) in [4.78, 5) is 8.80. The molecule has 2 heterocycles. The van der Waals surface area contributed by atoms with Gasteiger partial charge in [-0.1, -0.05) is 53.9 Å². The lowest BCUT2D eigenvalue weighted by Gasteiger charge is -2.32. The monoisotopic (exact) mass is 443 g/mol. The Balaban J connectivity index is 1.59. The first-order valence-corrected chi connectivity index (χ1v) is 11.4. The number of fused-ring (bicyclic) bond motifs is 2. The highest BCUT2D eigenvalue weighted by Crippen LogP contribution is 2.39. The van der Waals surface area contributed by atoms with Crippen molar-refractivity contribution in [3.8, 4) is 17.2 Å². The summed E-state index contributed by atoms with van der Waals surface area (Å²) in [6, 6.07) is 18.9. The van der Waals surface area contributed by atoms with Crippen LogP contribution in [-0.2, 0) is 6.42 Å². The van der Waals surface area contributed by atoms with E-state index in [1.54, 1.807) is 12.4 Å². The quantitative estimate of drug-likeness (QED) is 0.281. The molecule has 5 nitrogen and oxygen atoms in total. The predicted octanol–water partition coefficient (Wildman–Crippen LogP) is 6.22. The maximum Gasteiger partial charge on any atom is 0.152 e. The lowest BCUT2D eigenvalue weighted by molar-refractivity contribution is 0.683. The molecule has 0 aliphatic heterocycles. The van der Waals surface area contributed by atoms with E-state index in [1.165, 1.54) is 23.1 Å². The van der Waals surface area contributed by atoms with Crippen LogP contribution in [0.15, 0.2) is 60.9 Å². The zero-order valence-electron chi connectivity index (χ0n) is 16.7. The van der Waals surface area contributed by atoms with Gasteiger partial charge in [0, 0.05) is 29.6 Å². The van der Waals surface area contributed by atoms with Crippen LogP contribution >= 0.6 is 23.5 Å². The number of halogens is 1. The normalized spacial score (nSPS) is 14.4. The van der Waals surface area contributed by atoms with Crippen LogP contribution in [-0.4, -0.2) is 16.2 Å². The molecule has 0 bridgehead atoms. The van der Waals surface area contributed by atoms with Gasteiger partial charge in [-0.3, -0.25) is 4.98 Å². The number of benzene rings is 2. The number of anilines is 2. The number of nitrogens with zero attached hydrogens (tertiary/aromatic N) is 3. The van der Waals surface area contributed by atoms with Crippen LogP contribution in [0.1, 0.15) is 22.7 Å². The van der Waals surface area contributed by atoms with Gasteiger partial charge in [0.1, 0.15) is 6.07 Å². The SMILES string of the molecule is CSNc1cc(-c2ccc3ncc(C#N)c(NC4Cc5ccccc54)c3c2)cnc1Cl. The number of nitriles is 1. The molecule has 0 radical (unpaired) electrons. The average molecular weight is 444 g/mol. The van der Waals surface area contributed by atoms with E-state index in [-0.39, 0.29) is 6.04 Å². The molecule has 1 unspecified atom stereocenters. The lowest BCUT2D eigenvalue weighted by atomic mass is 9.83. The second-order valence-electron chi connectivity index (χ2n) is 7.36. The Morgan fingerprint density at radius 3 is 2.77 bits per heavy atom. The van der Waals surface area contributed by atoms with Crippen molar-refractivity contribution in [3.63, 3.8) is 0 Å². The molecule has 2 aromatic heterocycles. The van der Waals surface area contributed by atoms with Crippen molar-refractivity contribution in [2.45, 2.75) is 12.5 Å². The Kier molecular flexibility index (Phi) is 5.14. The molecule has 152 valence electrons. The van der Waals surface area contributed by atoms with Crippen molar-refractivity contribution >= 4 is 45.8 Å². The molecular formula is C24H18ClN5S. The molecule has 0 saturated heterocycles. The average Bonchev–Trinajstić information content (AvgIpc) is 2.78. The molecule has 1 atom stereocenters. The van der Waals surface area contributed by atoms with Gasteiger partial charge in [-0.15, -0.1) is 0 Å². The molecule has 0 saturated carbocycles. The first kappa shape index (κ1) is 19.7. The fourth-order valence-electron chi connectivity index (χ4n) is 3.96. The van der Waals surface area contributed by atoms with Gasteiger partial charge in [-0.2, -0.15) is 5.26 Å². The van der Waals surface area contributed by atoms with Gasteiger partial charge in [-0.05, 0) is 41.3 Å². The Morgan fingerprint density at radius 1 is 1.10 bits per heavy atom. The van der Waals surface area contributed by atoms with Gasteiger partial charge in [-0.25, -0.2) is 4.98 Å². The summed E-state index contributed by atoms with van der Waals surface area (Å²) in [5.41, 5.74) is 7.49. The molecule has 0 fully saturated rings. The third-order valence-electron chi connectivity index (χ3n) is 5.55. The van der Waals surface area contributed by atoms with Gasteiger partial charge >= 0.3 is 0 Å².